The summed E-state index contributed by atoms with van der Waals surface area (Å²) in [4.78, 5) is 11.9. The largest absolute Gasteiger partial charge is 0.325 e. The summed E-state index contributed by atoms with van der Waals surface area (Å²) in [6.07, 6.45) is 1.64. The van der Waals surface area contributed by atoms with E-state index in [1.165, 1.54) is 17.1 Å². The molecule has 1 amide bonds. The fraction of sp³-hybridized carbons (Fsp3) is 0.500. The topological polar surface area (TPSA) is 55.1 Å². The second-order valence-electron chi connectivity index (χ2n) is 4.58. The molecule has 1 aromatic carbocycles. The van der Waals surface area contributed by atoms with Crippen LogP contribution in [0.25, 0.3) is 0 Å². The van der Waals surface area contributed by atoms with Crippen molar-refractivity contribution in [3.05, 3.63) is 29.8 Å². The second-order valence-corrected chi connectivity index (χ2v) is 7.31. The van der Waals surface area contributed by atoms with E-state index in [0.717, 1.165) is 18.5 Å². The Kier molecular flexibility index (Phi) is 7.80. The highest BCUT2D eigenvalue weighted by atomic mass is 35.5. The number of hydrogen-bond donors (Lipinski definition) is 2. The number of carbonyl (C=O) groups is 1. The molecule has 1 saturated heterocycles. The molecule has 1 heterocycles. The average Bonchev–Trinajstić information content (AvgIpc) is 2.93. The number of thioether (sulfide) groups is 2. The van der Waals surface area contributed by atoms with Crippen LogP contribution in [0.2, 0.25) is 0 Å². The number of halogens is 1. The van der Waals surface area contributed by atoms with Crippen LogP contribution in [-0.2, 0) is 4.79 Å². The molecule has 0 aromatic heterocycles. The summed E-state index contributed by atoms with van der Waals surface area (Å²) < 4.78 is 0.501. The third kappa shape index (κ3) is 4.88. The van der Waals surface area contributed by atoms with Gasteiger partial charge in [-0.1, -0.05) is 25.5 Å². The van der Waals surface area contributed by atoms with Crippen molar-refractivity contribution in [2.45, 2.75) is 30.4 Å². The molecule has 6 heteroatoms. The van der Waals surface area contributed by atoms with Gasteiger partial charge in [0.1, 0.15) is 0 Å². The Balaban J connectivity index is 0.00000200. The van der Waals surface area contributed by atoms with Crippen LogP contribution in [0, 0.1) is 0 Å². The SMILES string of the molecule is CCCC(N)C(=O)Nc1cccc(C2SCCS2)c1.Cl. The quantitative estimate of drug-likeness (QED) is 0.864. The van der Waals surface area contributed by atoms with E-state index < -0.39 is 6.04 Å². The van der Waals surface area contributed by atoms with Gasteiger partial charge in [-0.25, -0.2) is 0 Å². The third-order valence-electron chi connectivity index (χ3n) is 2.98. The highest BCUT2D eigenvalue weighted by molar-refractivity contribution is 8.19. The summed E-state index contributed by atoms with van der Waals surface area (Å²) in [7, 11) is 0. The van der Waals surface area contributed by atoms with Crippen LogP contribution in [-0.4, -0.2) is 23.5 Å². The summed E-state index contributed by atoms with van der Waals surface area (Å²) in [5, 5.41) is 2.91. The number of anilines is 1. The Morgan fingerprint density at radius 2 is 2.15 bits per heavy atom. The number of rotatable bonds is 5. The Morgan fingerprint density at radius 1 is 1.45 bits per heavy atom. The van der Waals surface area contributed by atoms with Crippen molar-refractivity contribution < 1.29 is 4.79 Å². The highest BCUT2D eigenvalue weighted by Gasteiger charge is 2.19. The summed E-state index contributed by atoms with van der Waals surface area (Å²) in [5.74, 6) is 2.31. The highest BCUT2D eigenvalue weighted by Crippen LogP contribution is 2.45. The predicted molar refractivity (Wildman–Crippen MR) is 92.9 cm³/mol. The average molecular weight is 333 g/mol. The van der Waals surface area contributed by atoms with E-state index in [0.29, 0.717) is 4.58 Å². The molecule has 2 rings (SSSR count). The van der Waals surface area contributed by atoms with Crippen LogP contribution in [0.15, 0.2) is 24.3 Å². The van der Waals surface area contributed by atoms with Gasteiger partial charge in [-0.15, -0.1) is 35.9 Å². The predicted octanol–water partition coefficient (Wildman–Crippen LogP) is 3.65. The molecule has 1 fully saturated rings. The Bertz CT molecular complexity index is 439. The molecule has 0 saturated carbocycles. The lowest BCUT2D eigenvalue weighted by atomic mass is 10.1. The van der Waals surface area contributed by atoms with Gasteiger partial charge < -0.3 is 11.1 Å². The fourth-order valence-corrected chi connectivity index (χ4v) is 4.83. The zero-order valence-corrected chi connectivity index (χ0v) is 14.0. The van der Waals surface area contributed by atoms with Crippen LogP contribution in [0.1, 0.15) is 29.9 Å². The minimum absolute atomic E-state index is 0. The molecule has 1 unspecified atom stereocenters. The molecule has 0 spiro atoms. The van der Waals surface area contributed by atoms with Gasteiger partial charge in [-0.3, -0.25) is 4.79 Å². The molecular weight excluding hydrogens is 312 g/mol. The lowest BCUT2D eigenvalue weighted by Gasteiger charge is -2.13. The van der Waals surface area contributed by atoms with Crippen molar-refractivity contribution in [2.24, 2.45) is 5.73 Å². The number of nitrogens with one attached hydrogen (secondary N) is 1. The van der Waals surface area contributed by atoms with Crippen molar-refractivity contribution >= 4 is 47.5 Å². The second kappa shape index (κ2) is 8.82. The van der Waals surface area contributed by atoms with Crippen molar-refractivity contribution in [1.82, 2.24) is 0 Å². The van der Waals surface area contributed by atoms with Gasteiger partial charge in [0.05, 0.1) is 10.6 Å². The van der Waals surface area contributed by atoms with Gasteiger partial charge in [-0.05, 0) is 24.1 Å². The van der Waals surface area contributed by atoms with E-state index in [1.54, 1.807) is 0 Å². The number of amides is 1. The smallest absolute Gasteiger partial charge is 0.241 e. The molecule has 1 aliphatic rings. The van der Waals surface area contributed by atoms with Gasteiger partial charge in [0.15, 0.2) is 0 Å². The number of benzene rings is 1. The third-order valence-corrected chi connectivity index (χ3v) is 6.09. The van der Waals surface area contributed by atoms with Gasteiger partial charge in [-0.2, -0.15) is 0 Å². The molecule has 1 atom stereocenters. The van der Waals surface area contributed by atoms with Crippen molar-refractivity contribution in [1.29, 1.82) is 0 Å². The molecule has 0 bridgehead atoms. The molecular formula is C14H21ClN2OS2. The van der Waals surface area contributed by atoms with Gasteiger partial charge in [0, 0.05) is 17.2 Å². The summed E-state index contributed by atoms with van der Waals surface area (Å²) in [6, 6.07) is 7.69. The van der Waals surface area contributed by atoms with Gasteiger partial charge in [0.2, 0.25) is 5.91 Å². The molecule has 20 heavy (non-hydrogen) atoms. The first-order valence-corrected chi connectivity index (χ1v) is 8.70. The maximum Gasteiger partial charge on any atom is 0.241 e. The van der Waals surface area contributed by atoms with Crippen LogP contribution >= 0.6 is 35.9 Å². The standard InChI is InChI=1S/C14H20N2OS2.ClH/c1-2-4-12(15)13(17)16-11-6-3-5-10(9-11)14-18-7-8-19-14;/h3,5-6,9,12,14H,2,4,7-8,15H2,1H3,(H,16,17);1H. The Morgan fingerprint density at radius 3 is 2.80 bits per heavy atom. The molecule has 3 N–H and O–H groups in total. The number of hydrogen-bond acceptors (Lipinski definition) is 4. The van der Waals surface area contributed by atoms with Crippen LogP contribution < -0.4 is 11.1 Å². The van der Waals surface area contributed by atoms with Crippen molar-refractivity contribution in [3.63, 3.8) is 0 Å². The monoisotopic (exact) mass is 332 g/mol. The first-order chi connectivity index (χ1) is 9.20. The minimum atomic E-state index is -0.413. The molecule has 112 valence electrons. The summed E-state index contributed by atoms with van der Waals surface area (Å²) in [6.45, 7) is 2.03. The molecule has 1 aromatic rings. The summed E-state index contributed by atoms with van der Waals surface area (Å²) in [5.41, 5.74) is 7.94. The normalized spacial score (nSPS) is 16.5. The Hall–Kier alpha value is -0.360. The minimum Gasteiger partial charge on any atom is -0.325 e. The van der Waals surface area contributed by atoms with Crippen molar-refractivity contribution in [3.8, 4) is 0 Å². The molecule has 3 nitrogen and oxygen atoms in total. The first kappa shape index (κ1) is 17.7. The first-order valence-electron chi connectivity index (χ1n) is 6.60. The molecule has 1 aliphatic heterocycles. The van der Waals surface area contributed by atoms with E-state index in [9.17, 15) is 4.79 Å². The van der Waals surface area contributed by atoms with E-state index in [4.69, 9.17) is 5.73 Å². The number of carbonyl (C=O) groups excluding carboxylic acids is 1. The molecule has 0 radical (unpaired) electrons. The zero-order chi connectivity index (χ0) is 13.7. The number of nitrogens with two attached hydrogens (primary N) is 1. The maximum absolute atomic E-state index is 11.9. The van der Waals surface area contributed by atoms with Gasteiger partial charge >= 0.3 is 0 Å². The Labute approximate surface area is 135 Å². The fourth-order valence-electron chi connectivity index (χ4n) is 1.99. The van der Waals surface area contributed by atoms with Crippen LogP contribution in [0.4, 0.5) is 5.69 Å². The van der Waals surface area contributed by atoms with E-state index in [1.807, 2.05) is 42.6 Å². The lowest BCUT2D eigenvalue weighted by Crippen LogP contribution is -2.35. The van der Waals surface area contributed by atoms with E-state index in [2.05, 4.69) is 17.4 Å². The van der Waals surface area contributed by atoms with E-state index >= 15 is 0 Å². The maximum atomic E-state index is 11.9. The lowest BCUT2D eigenvalue weighted by molar-refractivity contribution is -0.117. The van der Waals surface area contributed by atoms with Crippen LogP contribution in [0.3, 0.4) is 0 Å². The van der Waals surface area contributed by atoms with Crippen molar-refractivity contribution in [2.75, 3.05) is 16.8 Å². The molecule has 0 aliphatic carbocycles. The summed E-state index contributed by atoms with van der Waals surface area (Å²) >= 11 is 3.93. The van der Waals surface area contributed by atoms with Gasteiger partial charge in [0.25, 0.3) is 0 Å². The van der Waals surface area contributed by atoms with Crippen LogP contribution in [0.5, 0.6) is 0 Å². The van der Waals surface area contributed by atoms with E-state index in [-0.39, 0.29) is 18.3 Å². The zero-order valence-electron chi connectivity index (χ0n) is 11.5.